The van der Waals surface area contributed by atoms with E-state index >= 15 is 0 Å². The number of hydrogen-bond donors (Lipinski definition) is 1. The second-order valence-electron chi connectivity index (χ2n) is 3.78. The van der Waals surface area contributed by atoms with Crippen molar-refractivity contribution in [2.24, 2.45) is 7.05 Å². The van der Waals surface area contributed by atoms with E-state index in [4.69, 9.17) is 0 Å². The Labute approximate surface area is 90.7 Å². The minimum Gasteiger partial charge on any atom is -0.348 e. The molecule has 1 heterocycles. The van der Waals surface area contributed by atoms with Gasteiger partial charge in [0.05, 0.1) is 5.69 Å². The summed E-state index contributed by atoms with van der Waals surface area (Å²) < 4.78 is 1.64. The van der Waals surface area contributed by atoms with E-state index in [1.54, 1.807) is 11.7 Å². The van der Waals surface area contributed by atoms with Crippen LogP contribution < -0.4 is 5.32 Å². The molecule has 1 rings (SSSR count). The quantitative estimate of drug-likeness (QED) is 0.817. The van der Waals surface area contributed by atoms with Gasteiger partial charge in [-0.3, -0.25) is 9.48 Å². The first-order valence-electron chi connectivity index (χ1n) is 5.42. The van der Waals surface area contributed by atoms with Gasteiger partial charge in [-0.1, -0.05) is 13.8 Å². The minimum absolute atomic E-state index is 0.0425. The highest BCUT2D eigenvalue weighted by Gasteiger charge is 2.13. The van der Waals surface area contributed by atoms with Crippen LogP contribution >= 0.6 is 0 Å². The monoisotopic (exact) mass is 209 g/mol. The molecule has 0 saturated carbocycles. The number of aryl methyl sites for hydroxylation is 2. The minimum atomic E-state index is -0.0425. The highest BCUT2D eigenvalue weighted by Crippen LogP contribution is 2.04. The molecule has 1 aromatic rings. The Kier molecular flexibility index (Phi) is 3.88. The third kappa shape index (κ3) is 2.81. The standard InChI is InChI=1S/C11H19N3O/c1-5-8(3)12-11(15)10-7-9(6-2)13-14(10)4/h7-8H,5-6H2,1-4H3,(H,12,15). The van der Waals surface area contributed by atoms with Gasteiger partial charge in [0, 0.05) is 13.1 Å². The van der Waals surface area contributed by atoms with Crippen LogP contribution in [-0.2, 0) is 13.5 Å². The predicted molar refractivity (Wildman–Crippen MR) is 59.8 cm³/mol. The second-order valence-corrected chi connectivity index (χ2v) is 3.78. The number of hydrogen-bond acceptors (Lipinski definition) is 2. The molecule has 0 radical (unpaired) electrons. The molecule has 0 spiro atoms. The summed E-state index contributed by atoms with van der Waals surface area (Å²) >= 11 is 0. The van der Waals surface area contributed by atoms with E-state index < -0.39 is 0 Å². The van der Waals surface area contributed by atoms with Crippen molar-refractivity contribution in [3.63, 3.8) is 0 Å². The van der Waals surface area contributed by atoms with Crippen molar-refractivity contribution in [2.45, 2.75) is 39.7 Å². The van der Waals surface area contributed by atoms with Gasteiger partial charge in [0.15, 0.2) is 0 Å². The first-order valence-corrected chi connectivity index (χ1v) is 5.42. The fourth-order valence-electron chi connectivity index (χ4n) is 1.31. The number of carbonyl (C=O) groups is 1. The summed E-state index contributed by atoms with van der Waals surface area (Å²) in [4.78, 5) is 11.8. The zero-order valence-corrected chi connectivity index (χ0v) is 9.87. The Balaban J connectivity index is 2.77. The number of aromatic nitrogens is 2. The fraction of sp³-hybridized carbons (Fsp3) is 0.636. The van der Waals surface area contributed by atoms with Crippen LogP contribution in [0.25, 0.3) is 0 Å². The Morgan fingerprint density at radius 1 is 1.60 bits per heavy atom. The number of nitrogens with zero attached hydrogens (tertiary/aromatic N) is 2. The van der Waals surface area contributed by atoms with Crippen LogP contribution in [0.5, 0.6) is 0 Å². The molecule has 0 aliphatic heterocycles. The smallest absolute Gasteiger partial charge is 0.269 e. The van der Waals surface area contributed by atoms with Gasteiger partial charge in [0.25, 0.3) is 5.91 Å². The third-order valence-corrected chi connectivity index (χ3v) is 2.52. The molecule has 0 aliphatic carbocycles. The van der Waals surface area contributed by atoms with Gasteiger partial charge in [-0.15, -0.1) is 0 Å². The first-order chi connectivity index (χ1) is 7.08. The van der Waals surface area contributed by atoms with E-state index in [-0.39, 0.29) is 11.9 Å². The molecule has 1 aromatic heterocycles. The lowest BCUT2D eigenvalue weighted by molar-refractivity contribution is 0.0930. The van der Waals surface area contributed by atoms with Crippen LogP contribution in [0.15, 0.2) is 6.07 Å². The Hall–Kier alpha value is -1.32. The van der Waals surface area contributed by atoms with Gasteiger partial charge in [-0.05, 0) is 25.8 Å². The summed E-state index contributed by atoms with van der Waals surface area (Å²) in [6.07, 6.45) is 1.79. The van der Waals surface area contributed by atoms with E-state index in [9.17, 15) is 4.79 Å². The molecule has 1 amide bonds. The number of nitrogens with one attached hydrogen (secondary N) is 1. The zero-order chi connectivity index (χ0) is 11.4. The summed E-state index contributed by atoms with van der Waals surface area (Å²) in [6, 6.07) is 2.05. The molecule has 1 unspecified atom stereocenters. The SMILES string of the molecule is CCc1cc(C(=O)NC(C)CC)n(C)n1. The molecule has 1 atom stereocenters. The molecule has 15 heavy (non-hydrogen) atoms. The first kappa shape index (κ1) is 11.8. The van der Waals surface area contributed by atoms with Crippen LogP contribution in [0.1, 0.15) is 43.4 Å². The highest BCUT2D eigenvalue weighted by molar-refractivity contribution is 5.92. The predicted octanol–water partition coefficient (Wildman–Crippen LogP) is 1.51. The largest absolute Gasteiger partial charge is 0.348 e. The lowest BCUT2D eigenvalue weighted by Crippen LogP contribution is -2.33. The van der Waals surface area contributed by atoms with Crippen molar-refractivity contribution in [2.75, 3.05) is 0 Å². The van der Waals surface area contributed by atoms with E-state index in [0.717, 1.165) is 18.5 Å². The van der Waals surface area contributed by atoms with E-state index in [0.29, 0.717) is 5.69 Å². The zero-order valence-electron chi connectivity index (χ0n) is 9.87. The van der Waals surface area contributed by atoms with Crippen LogP contribution in [0.4, 0.5) is 0 Å². The van der Waals surface area contributed by atoms with E-state index in [2.05, 4.69) is 10.4 Å². The van der Waals surface area contributed by atoms with Crippen LogP contribution in [0.3, 0.4) is 0 Å². The third-order valence-electron chi connectivity index (χ3n) is 2.52. The molecule has 4 heteroatoms. The lowest BCUT2D eigenvalue weighted by Gasteiger charge is -2.10. The Morgan fingerprint density at radius 3 is 2.73 bits per heavy atom. The van der Waals surface area contributed by atoms with Gasteiger partial charge < -0.3 is 5.32 Å². The molecule has 0 fully saturated rings. The molecule has 0 bridgehead atoms. The maximum Gasteiger partial charge on any atom is 0.269 e. The van der Waals surface area contributed by atoms with Crippen molar-refractivity contribution >= 4 is 5.91 Å². The average Bonchev–Trinajstić information content (AvgIpc) is 2.59. The van der Waals surface area contributed by atoms with Crippen LogP contribution in [0.2, 0.25) is 0 Å². The Morgan fingerprint density at radius 2 is 2.27 bits per heavy atom. The molecular formula is C11H19N3O. The highest BCUT2D eigenvalue weighted by atomic mass is 16.2. The maximum atomic E-state index is 11.8. The van der Waals surface area contributed by atoms with Crippen molar-refractivity contribution in [3.05, 3.63) is 17.5 Å². The van der Waals surface area contributed by atoms with Gasteiger partial charge in [0.1, 0.15) is 5.69 Å². The summed E-state index contributed by atoms with van der Waals surface area (Å²) in [7, 11) is 1.80. The summed E-state index contributed by atoms with van der Waals surface area (Å²) in [5.74, 6) is -0.0425. The second kappa shape index (κ2) is 4.96. The van der Waals surface area contributed by atoms with Crippen molar-refractivity contribution < 1.29 is 4.79 Å². The number of carbonyl (C=O) groups excluding carboxylic acids is 1. The summed E-state index contributed by atoms with van der Waals surface area (Å²) in [5, 5.41) is 7.16. The number of rotatable bonds is 4. The fourth-order valence-corrected chi connectivity index (χ4v) is 1.31. The van der Waals surface area contributed by atoms with Crippen molar-refractivity contribution in [1.29, 1.82) is 0 Å². The molecule has 4 nitrogen and oxygen atoms in total. The summed E-state index contributed by atoms with van der Waals surface area (Å²) in [5.41, 5.74) is 1.58. The average molecular weight is 209 g/mol. The van der Waals surface area contributed by atoms with Gasteiger partial charge in [-0.25, -0.2) is 0 Å². The van der Waals surface area contributed by atoms with Crippen LogP contribution in [-0.4, -0.2) is 21.7 Å². The van der Waals surface area contributed by atoms with Gasteiger partial charge in [-0.2, -0.15) is 5.10 Å². The topological polar surface area (TPSA) is 46.9 Å². The van der Waals surface area contributed by atoms with Crippen molar-refractivity contribution in [1.82, 2.24) is 15.1 Å². The maximum absolute atomic E-state index is 11.8. The summed E-state index contributed by atoms with van der Waals surface area (Å²) in [6.45, 7) is 6.07. The van der Waals surface area contributed by atoms with Crippen LogP contribution in [0, 0.1) is 0 Å². The molecule has 0 saturated heterocycles. The van der Waals surface area contributed by atoms with Gasteiger partial charge >= 0.3 is 0 Å². The molecular weight excluding hydrogens is 190 g/mol. The normalized spacial score (nSPS) is 12.5. The lowest BCUT2D eigenvalue weighted by atomic mass is 10.2. The molecule has 0 aliphatic rings. The molecule has 84 valence electrons. The Bertz CT molecular complexity index is 344. The van der Waals surface area contributed by atoms with Gasteiger partial charge in [0.2, 0.25) is 0 Å². The van der Waals surface area contributed by atoms with E-state index in [1.165, 1.54) is 0 Å². The van der Waals surface area contributed by atoms with Crippen molar-refractivity contribution in [3.8, 4) is 0 Å². The van der Waals surface area contributed by atoms with E-state index in [1.807, 2.05) is 26.8 Å². The molecule has 0 aromatic carbocycles. The molecule has 1 N–H and O–H groups in total. The number of amides is 1.